The van der Waals surface area contributed by atoms with Gasteiger partial charge in [0.1, 0.15) is 12.4 Å². The van der Waals surface area contributed by atoms with Crippen LogP contribution in [0, 0.1) is 12.7 Å². The Labute approximate surface area is 136 Å². The van der Waals surface area contributed by atoms with Gasteiger partial charge in [-0.3, -0.25) is 14.7 Å². The molecule has 2 N–H and O–H groups in total. The highest BCUT2D eigenvalue weighted by Crippen LogP contribution is 2.15. The number of carbonyl (C=O) groups is 1. The number of aromatic nitrogens is 4. The molecular formula is C16H14FN5O2. The van der Waals surface area contributed by atoms with Crippen LogP contribution in [0.2, 0.25) is 0 Å². The molecule has 0 radical (unpaired) electrons. The summed E-state index contributed by atoms with van der Waals surface area (Å²) in [6.45, 7) is 1.56. The van der Waals surface area contributed by atoms with Gasteiger partial charge in [0.25, 0.3) is 5.56 Å². The van der Waals surface area contributed by atoms with Crippen LogP contribution >= 0.6 is 0 Å². The molecule has 0 saturated heterocycles. The van der Waals surface area contributed by atoms with Crippen molar-refractivity contribution >= 4 is 11.7 Å². The average Bonchev–Trinajstić information content (AvgIpc) is 2.95. The molecule has 2 aromatic heterocycles. The van der Waals surface area contributed by atoms with Crippen molar-refractivity contribution in [2.24, 2.45) is 0 Å². The van der Waals surface area contributed by atoms with Gasteiger partial charge in [-0.15, -0.1) is 0 Å². The van der Waals surface area contributed by atoms with Gasteiger partial charge >= 0.3 is 0 Å². The quantitative estimate of drug-likeness (QED) is 0.763. The second kappa shape index (κ2) is 6.45. The SMILES string of the molecule is Cc1cc(NC(=O)Cn2nc(-c3ccc(F)cc3)ccc2=O)n[nH]1. The molecule has 8 heteroatoms. The predicted octanol–water partition coefficient (Wildman–Crippen LogP) is 1.72. The van der Waals surface area contributed by atoms with Crippen molar-refractivity contribution in [1.82, 2.24) is 20.0 Å². The van der Waals surface area contributed by atoms with Crippen LogP contribution in [0.4, 0.5) is 10.2 Å². The number of nitrogens with one attached hydrogen (secondary N) is 2. The van der Waals surface area contributed by atoms with E-state index in [1.807, 2.05) is 0 Å². The molecule has 24 heavy (non-hydrogen) atoms. The molecule has 0 unspecified atom stereocenters. The lowest BCUT2D eigenvalue weighted by Gasteiger charge is -2.07. The highest BCUT2D eigenvalue weighted by atomic mass is 19.1. The van der Waals surface area contributed by atoms with E-state index in [1.54, 1.807) is 25.1 Å². The molecule has 3 aromatic rings. The van der Waals surface area contributed by atoms with Crippen LogP contribution in [-0.2, 0) is 11.3 Å². The van der Waals surface area contributed by atoms with E-state index >= 15 is 0 Å². The Bertz CT molecular complexity index is 930. The number of rotatable bonds is 4. The monoisotopic (exact) mass is 327 g/mol. The van der Waals surface area contributed by atoms with E-state index in [2.05, 4.69) is 20.6 Å². The zero-order valence-electron chi connectivity index (χ0n) is 12.8. The van der Waals surface area contributed by atoms with Gasteiger partial charge in [0.2, 0.25) is 5.91 Å². The maximum Gasteiger partial charge on any atom is 0.267 e. The minimum Gasteiger partial charge on any atom is -0.308 e. The number of nitrogens with zero attached hydrogens (tertiary/aromatic N) is 3. The molecule has 0 aliphatic carbocycles. The van der Waals surface area contributed by atoms with Gasteiger partial charge in [0.15, 0.2) is 5.82 Å². The van der Waals surface area contributed by atoms with Crippen molar-refractivity contribution in [3.63, 3.8) is 0 Å². The molecule has 2 heterocycles. The summed E-state index contributed by atoms with van der Waals surface area (Å²) in [5.74, 6) is -0.409. The average molecular weight is 327 g/mol. The van der Waals surface area contributed by atoms with Crippen LogP contribution in [0.5, 0.6) is 0 Å². The number of anilines is 1. The van der Waals surface area contributed by atoms with E-state index < -0.39 is 11.5 Å². The van der Waals surface area contributed by atoms with Crippen LogP contribution < -0.4 is 10.9 Å². The van der Waals surface area contributed by atoms with Gasteiger partial charge in [0.05, 0.1) is 5.69 Å². The zero-order chi connectivity index (χ0) is 17.1. The number of H-pyrrole nitrogens is 1. The lowest BCUT2D eigenvalue weighted by Crippen LogP contribution is -2.29. The van der Waals surface area contributed by atoms with E-state index in [0.29, 0.717) is 17.1 Å². The molecule has 1 aromatic carbocycles. The molecule has 0 atom stereocenters. The second-order valence-electron chi connectivity index (χ2n) is 5.21. The lowest BCUT2D eigenvalue weighted by atomic mass is 10.1. The maximum absolute atomic E-state index is 13.0. The summed E-state index contributed by atoms with van der Waals surface area (Å²) < 4.78 is 14.0. The molecular weight excluding hydrogens is 313 g/mol. The fourth-order valence-electron chi connectivity index (χ4n) is 2.14. The van der Waals surface area contributed by atoms with Crippen molar-refractivity contribution in [2.75, 3.05) is 5.32 Å². The molecule has 0 aliphatic rings. The Hall–Kier alpha value is -3.29. The minimum absolute atomic E-state index is 0.250. The second-order valence-corrected chi connectivity index (χ2v) is 5.21. The van der Waals surface area contributed by atoms with Gasteiger partial charge in [-0.05, 0) is 37.3 Å². The zero-order valence-corrected chi connectivity index (χ0v) is 12.8. The number of hydrogen-bond acceptors (Lipinski definition) is 4. The summed E-state index contributed by atoms with van der Waals surface area (Å²) in [7, 11) is 0. The Balaban J connectivity index is 1.80. The number of aryl methyl sites for hydroxylation is 1. The third kappa shape index (κ3) is 3.54. The van der Waals surface area contributed by atoms with E-state index in [-0.39, 0.29) is 12.4 Å². The fraction of sp³-hybridized carbons (Fsp3) is 0.125. The molecule has 0 spiro atoms. The minimum atomic E-state index is -0.424. The molecule has 0 saturated carbocycles. The van der Waals surface area contributed by atoms with E-state index in [0.717, 1.165) is 10.4 Å². The highest BCUT2D eigenvalue weighted by molar-refractivity contribution is 5.89. The first-order valence-corrected chi connectivity index (χ1v) is 7.17. The first-order chi connectivity index (χ1) is 11.5. The van der Waals surface area contributed by atoms with Crippen LogP contribution in [0.15, 0.2) is 47.3 Å². The standard InChI is InChI=1S/C16H14FN5O2/c1-10-8-14(20-19-10)18-15(23)9-22-16(24)7-6-13(21-22)11-2-4-12(17)5-3-11/h2-8H,9H2,1H3,(H2,18,19,20,23). The smallest absolute Gasteiger partial charge is 0.267 e. The van der Waals surface area contributed by atoms with Crippen molar-refractivity contribution in [3.05, 3.63) is 64.3 Å². The number of halogens is 1. The molecule has 122 valence electrons. The van der Waals surface area contributed by atoms with Gasteiger partial charge in [-0.2, -0.15) is 10.2 Å². The van der Waals surface area contributed by atoms with E-state index in [4.69, 9.17) is 0 Å². The number of carbonyl (C=O) groups excluding carboxylic acids is 1. The number of benzene rings is 1. The van der Waals surface area contributed by atoms with Crippen molar-refractivity contribution in [1.29, 1.82) is 0 Å². The molecule has 0 fully saturated rings. The fourth-order valence-corrected chi connectivity index (χ4v) is 2.14. The number of hydrogen-bond donors (Lipinski definition) is 2. The van der Waals surface area contributed by atoms with Crippen LogP contribution in [0.3, 0.4) is 0 Å². The summed E-state index contributed by atoms with van der Waals surface area (Å²) in [5, 5.41) is 13.3. The lowest BCUT2D eigenvalue weighted by molar-refractivity contribution is -0.117. The summed E-state index contributed by atoms with van der Waals surface area (Å²) in [5.41, 5.74) is 1.51. The topological polar surface area (TPSA) is 92.7 Å². The Kier molecular flexibility index (Phi) is 4.19. The number of aromatic amines is 1. The molecule has 0 bridgehead atoms. The number of amides is 1. The summed E-state index contributed by atoms with van der Waals surface area (Å²) >= 11 is 0. The molecule has 1 amide bonds. The summed E-state index contributed by atoms with van der Waals surface area (Å²) in [6.07, 6.45) is 0. The highest BCUT2D eigenvalue weighted by Gasteiger charge is 2.09. The largest absolute Gasteiger partial charge is 0.308 e. The first kappa shape index (κ1) is 15.6. The Morgan fingerprint density at radius 2 is 2.00 bits per heavy atom. The van der Waals surface area contributed by atoms with Gasteiger partial charge in [-0.1, -0.05) is 0 Å². The van der Waals surface area contributed by atoms with Gasteiger partial charge < -0.3 is 5.32 Å². The first-order valence-electron chi connectivity index (χ1n) is 7.17. The van der Waals surface area contributed by atoms with E-state index in [1.165, 1.54) is 24.3 Å². The van der Waals surface area contributed by atoms with Crippen LogP contribution in [0.1, 0.15) is 5.69 Å². The molecule has 7 nitrogen and oxygen atoms in total. The normalized spacial score (nSPS) is 10.6. The maximum atomic E-state index is 13.0. The van der Waals surface area contributed by atoms with Crippen molar-refractivity contribution < 1.29 is 9.18 Å². The van der Waals surface area contributed by atoms with Crippen LogP contribution in [-0.4, -0.2) is 25.9 Å². The van der Waals surface area contributed by atoms with Crippen LogP contribution in [0.25, 0.3) is 11.3 Å². The van der Waals surface area contributed by atoms with E-state index in [9.17, 15) is 14.0 Å². The third-order valence-corrected chi connectivity index (χ3v) is 3.27. The van der Waals surface area contributed by atoms with Crippen molar-refractivity contribution in [3.8, 4) is 11.3 Å². The molecule has 3 rings (SSSR count). The third-order valence-electron chi connectivity index (χ3n) is 3.27. The van der Waals surface area contributed by atoms with Gasteiger partial charge in [0, 0.05) is 23.4 Å². The molecule has 0 aliphatic heterocycles. The van der Waals surface area contributed by atoms with Crippen molar-refractivity contribution in [2.45, 2.75) is 13.5 Å². The Morgan fingerprint density at radius 3 is 2.67 bits per heavy atom. The van der Waals surface area contributed by atoms with Gasteiger partial charge in [-0.25, -0.2) is 9.07 Å². The summed E-state index contributed by atoms with van der Waals surface area (Å²) in [6, 6.07) is 10.2. The summed E-state index contributed by atoms with van der Waals surface area (Å²) in [4.78, 5) is 23.9. The Morgan fingerprint density at radius 1 is 1.25 bits per heavy atom. The predicted molar refractivity (Wildman–Crippen MR) is 85.8 cm³/mol.